The number of para-hydroxylation sites is 1. The molecule has 5 nitrogen and oxygen atoms in total. The Morgan fingerprint density at radius 2 is 1.95 bits per heavy atom. The van der Waals surface area contributed by atoms with Gasteiger partial charge in [-0.3, -0.25) is 0 Å². The van der Waals surface area contributed by atoms with Gasteiger partial charge in [-0.1, -0.05) is 18.2 Å². The van der Waals surface area contributed by atoms with Crippen LogP contribution < -0.4 is 9.80 Å². The molecule has 0 aliphatic carbocycles. The van der Waals surface area contributed by atoms with E-state index >= 15 is 0 Å². The summed E-state index contributed by atoms with van der Waals surface area (Å²) in [5.74, 6) is 1.18. The first-order valence-electron chi connectivity index (χ1n) is 6.59. The van der Waals surface area contributed by atoms with Crippen molar-refractivity contribution in [1.29, 1.82) is 0 Å². The van der Waals surface area contributed by atoms with Crippen molar-refractivity contribution < 1.29 is 0 Å². The summed E-state index contributed by atoms with van der Waals surface area (Å²) in [7, 11) is 3.78. The van der Waals surface area contributed by atoms with Crippen LogP contribution in [0.2, 0.25) is 5.28 Å². The molecule has 0 atom stereocenters. The van der Waals surface area contributed by atoms with E-state index in [2.05, 4.69) is 38.1 Å². The summed E-state index contributed by atoms with van der Waals surface area (Å²) < 4.78 is 0. The highest BCUT2D eigenvalue weighted by Crippen LogP contribution is 2.32. The van der Waals surface area contributed by atoms with Crippen LogP contribution in [0.15, 0.2) is 24.3 Å². The smallest absolute Gasteiger partial charge is 0.236 e. The van der Waals surface area contributed by atoms with Crippen molar-refractivity contribution >= 4 is 29.2 Å². The number of anilines is 3. The highest BCUT2D eigenvalue weighted by Gasteiger charge is 2.21. The molecule has 3 rings (SSSR count). The molecule has 0 saturated heterocycles. The predicted octanol–water partition coefficient (Wildman–Crippen LogP) is 2.68. The normalized spacial score (nSPS) is 14.1. The molecule has 0 amide bonds. The molecule has 0 spiro atoms. The van der Waals surface area contributed by atoms with Crippen LogP contribution in [0.25, 0.3) is 0 Å². The standard InChI is InChI=1S/C14H16ClN5/c1-19(2)13-16-12(15)17-14(18-13)20-9-5-7-10-6-3-4-8-11(10)20/h3-4,6,8H,5,7,9H2,1-2H3. The summed E-state index contributed by atoms with van der Waals surface area (Å²) >= 11 is 6.02. The topological polar surface area (TPSA) is 45.2 Å². The fraction of sp³-hybridized carbons (Fsp3) is 0.357. The van der Waals surface area contributed by atoms with Gasteiger partial charge in [-0.2, -0.15) is 15.0 Å². The molecule has 1 aliphatic heterocycles. The molecule has 1 aliphatic rings. The van der Waals surface area contributed by atoms with E-state index in [9.17, 15) is 0 Å². The van der Waals surface area contributed by atoms with Crippen LogP contribution in [0.4, 0.5) is 17.6 Å². The fourth-order valence-electron chi connectivity index (χ4n) is 2.39. The third kappa shape index (κ3) is 2.41. The molecule has 0 unspecified atom stereocenters. The zero-order valence-corrected chi connectivity index (χ0v) is 12.3. The molecule has 1 aromatic heterocycles. The van der Waals surface area contributed by atoms with Gasteiger partial charge in [0.15, 0.2) is 0 Å². The number of hydrogen-bond donors (Lipinski definition) is 0. The third-order valence-electron chi connectivity index (χ3n) is 3.34. The zero-order valence-electron chi connectivity index (χ0n) is 11.5. The van der Waals surface area contributed by atoms with Crippen molar-refractivity contribution in [3.63, 3.8) is 0 Å². The number of hydrogen-bond acceptors (Lipinski definition) is 5. The van der Waals surface area contributed by atoms with E-state index in [1.807, 2.05) is 25.1 Å². The van der Waals surface area contributed by atoms with Crippen LogP contribution in [-0.4, -0.2) is 35.6 Å². The Hall–Kier alpha value is -1.88. The van der Waals surface area contributed by atoms with Crippen molar-refractivity contribution in [3.8, 4) is 0 Å². The summed E-state index contributed by atoms with van der Waals surface area (Å²) in [4.78, 5) is 16.8. The maximum Gasteiger partial charge on any atom is 0.236 e. The minimum atomic E-state index is 0.224. The summed E-state index contributed by atoms with van der Waals surface area (Å²) in [5.41, 5.74) is 2.48. The van der Waals surface area contributed by atoms with Gasteiger partial charge >= 0.3 is 0 Å². The summed E-state index contributed by atoms with van der Waals surface area (Å²) in [6, 6.07) is 8.35. The maximum atomic E-state index is 6.02. The third-order valence-corrected chi connectivity index (χ3v) is 3.51. The summed E-state index contributed by atoms with van der Waals surface area (Å²) in [6.07, 6.45) is 2.17. The number of aryl methyl sites for hydroxylation is 1. The van der Waals surface area contributed by atoms with Gasteiger partial charge in [0.1, 0.15) is 0 Å². The van der Waals surface area contributed by atoms with Gasteiger partial charge in [0.2, 0.25) is 17.2 Å². The highest BCUT2D eigenvalue weighted by molar-refractivity contribution is 6.28. The van der Waals surface area contributed by atoms with Gasteiger partial charge in [-0.05, 0) is 36.1 Å². The van der Waals surface area contributed by atoms with Gasteiger partial charge in [0.25, 0.3) is 0 Å². The minimum Gasteiger partial charge on any atom is -0.347 e. The molecule has 104 valence electrons. The van der Waals surface area contributed by atoms with Crippen molar-refractivity contribution in [2.45, 2.75) is 12.8 Å². The summed E-state index contributed by atoms with van der Waals surface area (Å²) in [6.45, 7) is 0.893. The lowest BCUT2D eigenvalue weighted by molar-refractivity contribution is 0.746. The molecule has 6 heteroatoms. The lowest BCUT2D eigenvalue weighted by atomic mass is 10.0. The molecule has 20 heavy (non-hydrogen) atoms. The Kier molecular flexibility index (Phi) is 3.44. The molecule has 0 saturated carbocycles. The predicted molar refractivity (Wildman–Crippen MR) is 80.9 cm³/mol. The van der Waals surface area contributed by atoms with E-state index in [4.69, 9.17) is 11.6 Å². The van der Waals surface area contributed by atoms with Gasteiger partial charge in [0, 0.05) is 26.3 Å². The number of fused-ring (bicyclic) bond motifs is 1. The minimum absolute atomic E-state index is 0.224. The molecule has 2 heterocycles. The second kappa shape index (κ2) is 5.25. The molecule has 0 fully saturated rings. The van der Waals surface area contributed by atoms with E-state index in [0.717, 1.165) is 25.1 Å². The van der Waals surface area contributed by atoms with Crippen molar-refractivity contribution in [2.24, 2.45) is 0 Å². The first-order chi connectivity index (χ1) is 9.65. The van der Waals surface area contributed by atoms with E-state index in [0.29, 0.717) is 11.9 Å². The Morgan fingerprint density at radius 3 is 2.75 bits per heavy atom. The van der Waals surface area contributed by atoms with Crippen LogP contribution in [0, 0.1) is 0 Å². The quantitative estimate of drug-likeness (QED) is 0.850. The van der Waals surface area contributed by atoms with Gasteiger partial charge in [-0.25, -0.2) is 0 Å². The first kappa shape index (κ1) is 13.1. The second-order valence-electron chi connectivity index (χ2n) is 4.98. The second-order valence-corrected chi connectivity index (χ2v) is 5.32. The molecule has 0 bridgehead atoms. The van der Waals surface area contributed by atoms with Crippen LogP contribution in [0.1, 0.15) is 12.0 Å². The van der Waals surface area contributed by atoms with Crippen LogP contribution in [0.5, 0.6) is 0 Å². The number of rotatable bonds is 2. The monoisotopic (exact) mass is 289 g/mol. The van der Waals surface area contributed by atoms with Crippen molar-refractivity contribution in [3.05, 3.63) is 35.1 Å². The molecular formula is C14H16ClN5. The lowest BCUT2D eigenvalue weighted by Crippen LogP contribution is -2.27. The highest BCUT2D eigenvalue weighted by atomic mass is 35.5. The SMILES string of the molecule is CN(C)c1nc(Cl)nc(N2CCCc3ccccc32)n1. The Bertz CT molecular complexity index is 629. The van der Waals surface area contributed by atoms with E-state index < -0.39 is 0 Å². The Balaban J connectivity index is 2.06. The molecule has 0 N–H and O–H groups in total. The van der Waals surface area contributed by atoms with Gasteiger partial charge < -0.3 is 9.80 Å². The number of benzene rings is 1. The number of halogens is 1. The van der Waals surface area contributed by atoms with Crippen LogP contribution >= 0.6 is 11.6 Å². The molecule has 2 aromatic rings. The molecule has 1 aromatic carbocycles. The average molecular weight is 290 g/mol. The Labute approximate surface area is 123 Å². The van der Waals surface area contributed by atoms with Crippen molar-refractivity contribution in [1.82, 2.24) is 15.0 Å². The number of aromatic nitrogens is 3. The summed E-state index contributed by atoms with van der Waals surface area (Å²) in [5, 5.41) is 0.224. The van der Waals surface area contributed by atoms with E-state index in [-0.39, 0.29) is 5.28 Å². The molecular weight excluding hydrogens is 274 g/mol. The van der Waals surface area contributed by atoms with Crippen LogP contribution in [-0.2, 0) is 6.42 Å². The lowest BCUT2D eigenvalue weighted by Gasteiger charge is -2.29. The van der Waals surface area contributed by atoms with Crippen LogP contribution in [0.3, 0.4) is 0 Å². The molecule has 0 radical (unpaired) electrons. The van der Waals surface area contributed by atoms with E-state index in [1.54, 1.807) is 0 Å². The Morgan fingerprint density at radius 1 is 1.15 bits per heavy atom. The first-order valence-corrected chi connectivity index (χ1v) is 6.97. The van der Waals surface area contributed by atoms with Crippen molar-refractivity contribution in [2.75, 3.05) is 30.4 Å². The number of nitrogens with zero attached hydrogens (tertiary/aromatic N) is 5. The fourth-order valence-corrected chi connectivity index (χ4v) is 2.54. The van der Waals surface area contributed by atoms with Gasteiger partial charge in [-0.15, -0.1) is 0 Å². The largest absolute Gasteiger partial charge is 0.347 e. The zero-order chi connectivity index (χ0) is 14.1. The van der Waals surface area contributed by atoms with E-state index in [1.165, 1.54) is 5.56 Å². The average Bonchev–Trinajstić information content (AvgIpc) is 2.46. The van der Waals surface area contributed by atoms with Gasteiger partial charge in [0.05, 0.1) is 0 Å². The maximum absolute atomic E-state index is 6.02.